The molecule has 2 unspecified atom stereocenters. The topological polar surface area (TPSA) is 0 Å². The molecule has 0 aliphatic heterocycles. The van der Waals surface area contributed by atoms with Crippen LogP contribution in [0.5, 0.6) is 0 Å². The second-order valence-electron chi connectivity index (χ2n) is 9.01. The maximum Gasteiger partial charge on any atom is -1.00 e. The van der Waals surface area contributed by atoms with Gasteiger partial charge < -0.3 is 24.8 Å². The van der Waals surface area contributed by atoms with Gasteiger partial charge in [0.1, 0.15) is 0 Å². The summed E-state index contributed by atoms with van der Waals surface area (Å²) in [4.78, 5) is 0. The molecule has 0 saturated carbocycles. The molecule has 4 aromatic rings. The molecule has 0 heterocycles. The minimum absolute atomic E-state index is 0. The van der Waals surface area contributed by atoms with Crippen LogP contribution in [0.2, 0.25) is 0 Å². The van der Waals surface area contributed by atoms with Crippen LogP contribution in [0.15, 0.2) is 152 Å². The van der Waals surface area contributed by atoms with Crippen LogP contribution in [0.3, 0.4) is 0 Å². The summed E-state index contributed by atoms with van der Waals surface area (Å²) >= 11 is -1.15. The van der Waals surface area contributed by atoms with E-state index in [2.05, 4.69) is 146 Å². The number of halogens is 2. The van der Waals surface area contributed by atoms with Crippen molar-refractivity contribution in [1.29, 1.82) is 0 Å². The first-order valence-electron chi connectivity index (χ1n) is 12.2. The molecule has 6 rings (SSSR count). The summed E-state index contributed by atoms with van der Waals surface area (Å²) < 4.78 is 3.30. The molecule has 2 aliphatic rings. The third-order valence-electron chi connectivity index (χ3n) is 6.87. The number of hydrogen-bond donors (Lipinski definition) is 0. The minimum atomic E-state index is -1.15. The fourth-order valence-corrected chi connectivity index (χ4v) is 9.69. The van der Waals surface area contributed by atoms with Crippen LogP contribution in [0.4, 0.5) is 0 Å². The van der Waals surface area contributed by atoms with E-state index in [0.29, 0.717) is 11.8 Å². The maximum atomic E-state index is 2.43. The van der Waals surface area contributed by atoms with Crippen LogP contribution in [0, 0.1) is 0 Å². The molecule has 2 aliphatic carbocycles. The third-order valence-corrected chi connectivity index (χ3v) is 11.0. The van der Waals surface area contributed by atoms with E-state index in [1.54, 1.807) is 6.56 Å². The van der Waals surface area contributed by atoms with Crippen LogP contribution in [-0.4, -0.2) is 0 Å². The van der Waals surface area contributed by atoms with Crippen LogP contribution in [0.1, 0.15) is 34.1 Å². The molecule has 0 aromatic heterocycles. The van der Waals surface area contributed by atoms with E-state index in [9.17, 15) is 0 Å². The molecule has 0 radical (unpaired) electrons. The summed E-state index contributed by atoms with van der Waals surface area (Å²) in [6.07, 6.45) is 9.62. The van der Waals surface area contributed by atoms with Gasteiger partial charge in [0, 0.05) is 0 Å². The van der Waals surface area contributed by atoms with Crippen molar-refractivity contribution in [1.82, 2.24) is 0 Å². The number of allylic oxidation sites excluding steroid dienone is 8. The molecule has 4 aromatic carbocycles. The fourth-order valence-electron chi connectivity index (χ4n) is 5.14. The summed E-state index contributed by atoms with van der Waals surface area (Å²) in [5.74, 6) is 0.721. The number of hydrogen-bond acceptors (Lipinski definition) is 0. The first kappa shape index (κ1) is 27.3. The van der Waals surface area contributed by atoms with Gasteiger partial charge in [0.05, 0.1) is 0 Å². The van der Waals surface area contributed by atoms with Crippen molar-refractivity contribution in [3.05, 3.63) is 174 Å². The van der Waals surface area contributed by atoms with E-state index in [4.69, 9.17) is 0 Å². The largest absolute Gasteiger partial charge is 1.00 e. The zero-order valence-corrected chi connectivity index (χ0v) is 24.2. The Kier molecular flexibility index (Phi) is 9.39. The van der Waals surface area contributed by atoms with E-state index in [1.807, 2.05) is 0 Å². The van der Waals surface area contributed by atoms with Crippen molar-refractivity contribution in [2.24, 2.45) is 0 Å². The Hall–Kier alpha value is -2.70. The Morgan fingerprint density at radius 1 is 0.405 bits per heavy atom. The second kappa shape index (κ2) is 12.7. The third kappa shape index (κ3) is 5.75. The fraction of sp³-hybridized carbons (Fsp3) is 0.0588. The van der Waals surface area contributed by atoms with Crippen molar-refractivity contribution >= 4 is 11.1 Å². The van der Waals surface area contributed by atoms with Gasteiger partial charge in [-0.05, 0) is 0 Å². The Bertz CT molecular complexity index is 1320. The van der Waals surface area contributed by atoms with E-state index in [0.717, 1.165) is 0 Å². The normalized spacial score (nSPS) is 17.8. The van der Waals surface area contributed by atoms with E-state index in [-0.39, 0.29) is 24.8 Å². The van der Waals surface area contributed by atoms with E-state index >= 15 is 0 Å². The second-order valence-corrected chi connectivity index (χ2v) is 12.3. The van der Waals surface area contributed by atoms with Crippen molar-refractivity contribution in [2.75, 3.05) is 0 Å². The summed E-state index contributed by atoms with van der Waals surface area (Å²) in [5.41, 5.74) is 8.34. The number of rotatable bonds is 6. The average Bonchev–Trinajstić information content (AvgIpc) is 3.55. The molecule has 3 heteroatoms. The van der Waals surface area contributed by atoms with Gasteiger partial charge >= 0.3 is 221 Å². The average molecular weight is 597 g/mol. The molecule has 0 fully saturated rings. The van der Waals surface area contributed by atoms with Crippen LogP contribution < -0.4 is 24.8 Å². The van der Waals surface area contributed by atoms with Gasteiger partial charge in [-0.2, -0.15) is 0 Å². The first-order valence-corrected chi connectivity index (χ1v) is 14.7. The van der Waals surface area contributed by atoms with Crippen molar-refractivity contribution in [3.8, 4) is 0 Å². The van der Waals surface area contributed by atoms with E-state index in [1.165, 1.54) is 33.4 Å². The zero-order chi connectivity index (χ0) is 23.5. The molecule has 180 valence electrons. The quantitative estimate of drug-likeness (QED) is 0.321. The maximum absolute atomic E-state index is 2.43. The standard InChI is InChI=1S/2C17H13.2ClH.Zr/c2*1-3-7-14(8-4-1)16-11-12-17(13-16)15-9-5-2-6-10-15;;;/h2*1-12,16H;2*1H;/q;;;;+2/p-2. The Morgan fingerprint density at radius 2 is 0.730 bits per heavy atom. The molecule has 0 nitrogen and oxygen atoms in total. The van der Waals surface area contributed by atoms with Crippen LogP contribution in [-0.2, 0) is 23.2 Å². The van der Waals surface area contributed by atoms with Gasteiger partial charge in [0.25, 0.3) is 0 Å². The van der Waals surface area contributed by atoms with Gasteiger partial charge in [0.15, 0.2) is 0 Å². The molecule has 0 amide bonds. The van der Waals surface area contributed by atoms with Gasteiger partial charge in [-0.1, -0.05) is 0 Å². The molecular formula is C34H26Cl2Zr. The van der Waals surface area contributed by atoms with Crippen molar-refractivity contribution in [3.63, 3.8) is 0 Å². The molecule has 2 atom stereocenters. The van der Waals surface area contributed by atoms with Crippen LogP contribution in [0.25, 0.3) is 11.1 Å². The molecular weight excluding hydrogens is 571 g/mol. The minimum Gasteiger partial charge on any atom is -1.00 e. The number of benzene rings is 4. The monoisotopic (exact) mass is 594 g/mol. The zero-order valence-electron chi connectivity index (χ0n) is 20.3. The van der Waals surface area contributed by atoms with Gasteiger partial charge in [0.2, 0.25) is 0 Å². The first-order chi connectivity index (χ1) is 17.4. The molecule has 0 spiro atoms. The summed E-state index contributed by atoms with van der Waals surface area (Å²) in [7, 11) is 0. The molecule has 37 heavy (non-hydrogen) atoms. The van der Waals surface area contributed by atoms with Gasteiger partial charge in [-0.25, -0.2) is 0 Å². The Balaban J connectivity index is 0.00000160. The van der Waals surface area contributed by atoms with Crippen molar-refractivity contribution in [2.45, 2.75) is 11.8 Å². The summed E-state index contributed by atoms with van der Waals surface area (Å²) in [6, 6.07) is 44.0. The predicted octanol–water partition coefficient (Wildman–Crippen LogP) is 2.61. The van der Waals surface area contributed by atoms with Crippen molar-refractivity contribution < 1.29 is 48.0 Å². The van der Waals surface area contributed by atoms with Gasteiger partial charge in [-0.15, -0.1) is 0 Å². The molecule has 0 N–H and O–H groups in total. The van der Waals surface area contributed by atoms with Crippen LogP contribution >= 0.6 is 0 Å². The predicted molar refractivity (Wildman–Crippen MR) is 143 cm³/mol. The summed E-state index contributed by atoms with van der Waals surface area (Å²) in [5, 5.41) is 0. The molecule has 0 saturated heterocycles. The summed E-state index contributed by atoms with van der Waals surface area (Å²) in [6.45, 7) is 0. The molecule has 0 bridgehead atoms. The van der Waals surface area contributed by atoms with E-state index < -0.39 is 23.2 Å². The smallest absolute Gasteiger partial charge is 1.00 e. The SMILES string of the molecule is C1=CC(c2ccccc2)[C]([Zr+2][C]2=C(c3ccccc3)C=CC2c2ccccc2)=C1c1ccccc1.[Cl-].[Cl-]. The van der Waals surface area contributed by atoms with Gasteiger partial charge in [-0.3, -0.25) is 0 Å². The Morgan fingerprint density at radius 3 is 1.08 bits per heavy atom. The Labute approximate surface area is 243 Å².